The molecule has 42 heavy (non-hydrogen) atoms. The first-order valence-corrected chi connectivity index (χ1v) is 14.7. The number of alkyl halides is 3. The van der Waals surface area contributed by atoms with Crippen LogP contribution < -0.4 is 14.8 Å². The summed E-state index contributed by atoms with van der Waals surface area (Å²) < 4.78 is 55.2. The molecule has 6 rings (SSSR count). The molecular weight excluding hydrogens is 551 g/mol. The Labute approximate surface area is 243 Å². The summed E-state index contributed by atoms with van der Waals surface area (Å²) in [4.78, 5) is 29.6. The highest BCUT2D eigenvalue weighted by molar-refractivity contribution is 5.78. The fourth-order valence-corrected chi connectivity index (χ4v) is 6.57. The summed E-state index contributed by atoms with van der Waals surface area (Å²) in [7, 11) is 0. The van der Waals surface area contributed by atoms with Crippen LogP contribution in [0.4, 0.5) is 18.0 Å². The molecule has 226 valence electrons. The van der Waals surface area contributed by atoms with Crippen molar-refractivity contribution < 1.29 is 37.0 Å². The summed E-state index contributed by atoms with van der Waals surface area (Å²) in [6, 6.07) is 11.0. The van der Waals surface area contributed by atoms with Crippen LogP contribution in [0.3, 0.4) is 0 Å². The van der Waals surface area contributed by atoms with Crippen LogP contribution in [0, 0.1) is 11.8 Å². The summed E-state index contributed by atoms with van der Waals surface area (Å²) in [6.45, 7) is 3.87. The van der Waals surface area contributed by atoms with E-state index in [9.17, 15) is 22.8 Å². The highest BCUT2D eigenvalue weighted by Crippen LogP contribution is 2.37. The third-order valence-electron chi connectivity index (χ3n) is 9.10. The van der Waals surface area contributed by atoms with Crippen LogP contribution in [0.1, 0.15) is 55.2 Å². The molecule has 2 aromatic carbocycles. The molecule has 2 saturated heterocycles. The normalized spacial score (nSPS) is 23.7. The average molecular weight is 588 g/mol. The molecule has 3 aliphatic heterocycles. The van der Waals surface area contributed by atoms with Crippen LogP contribution in [0.15, 0.2) is 42.5 Å². The van der Waals surface area contributed by atoms with Crippen molar-refractivity contribution in [3.63, 3.8) is 0 Å². The topological polar surface area (TPSA) is 80.3 Å². The third kappa shape index (κ3) is 6.45. The van der Waals surface area contributed by atoms with Crippen LogP contribution in [0.2, 0.25) is 0 Å². The van der Waals surface area contributed by atoms with Gasteiger partial charge in [-0.1, -0.05) is 18.2 Å². The minimum atomic E-state index is -4.34. The molecule has 0 bridgehead atoms. The van der Waals surface area contributed by atoms with E-state index in [0.29, 0.717) is 63.8 Å². The minimum Gasteiger partial charge on any atom is -0.454 e. The molecule has 4 aliphatic rings. The number of benzene rings is 2. The lowest BCUT2D eigenvalue weighted by Gasteiger charge is -2.37. The number of carbonyl (C=O) groups excluding carboxylic acids is 2. The van der Waals surface area contributed by atoms with Crippen LogP contribution in [-0.4, -0.2) is 60.4 Å². The van der Waals surface area contributed by atoms with Crippen LogP contribution in [-0.2, 0) is 28.8 Å². The third-order valence-corrected chi connectivity index (χ3v) is 9.10. The molecule has 0 radical (unpaired) electrons. The van der Waals surface area contributed by atoms with E-state index in [-0.39, 0.29) is 24.7 Å². The van der Waals surface area contributed by atoms with E-state index >= 15 is 0 Å². The number of nitrogens with one attached hydrogen (secondary N) is 1. The van der Waals surface area contributed by atoms with Gasteiger partial charge >= 0.3 is 12.3 Å². The van der Waals surface area contributed by atoms with Gasteiger partial charge in [0, 0.05) is 51.5 Å². The zero-order valence-electron chi connectivity index (χ0n) is 23.5. The molecule has 0 atom stereocenters. The minimum absolute atomic E-state index is 0.0267. The number of carbonyl (C=O) groups is 2. The molecule has 0 unspecified atom stereocenters. The number of hydrogen-bond acceptors (Lipinski definition) is 6. The second-order valence-electron chi connectivity index (χ2n) is 12.0. The lowest BCUT2D eigenvalue weighted by atomic mass is 9.81. The molecule has 11 heteroatoms. The fraction of sp³-hybridized carbons (Fsp3) is 0.548. The number of hydrogen-bond donors (Lipinski definition) is 1. The van der Waals surface area contributed by atoms with Crippen molar-refractivity contribution in [2.24, 2.45) is 11.8 Å². The SMILES string of the molecule is O=C1OC2(CCN(Cc3ccc(C(F)(F)F)cc3)CC2)CN1C[C@H]1CC[C@H](C(=O)NCc2ccc3c(c2)OCO3)CC1. The number of rotatable bonds is 7. The van der Waals surface area contributed by atoms with Crippen molar-refractivity contribution in [2.75, 3.05) is 33.0 Å². The van der Waals surface area contributed by atoms with Gasteiger partial charge in [0.15, 0.2) is 11.5 Å². The predicted molar refractivity (Wildman–Crippen MR) is 147 cm³/mol. The first-order chi connectivity index (χ1) is 20.2. The lowest BCUT2D eigenvalue weighted by molar-refractivity contribution is -0.137. The monoisotopic (exact) mass is 587 g/mol. The Hall–Kier alpha value is -3.47. The number of halogens is 3. The molecule has 8 nitrogen and oxygen atoms in total. The maximum atomic E-state index is 12.8. The zero-order valence-corrected chi connectivity index (χ0v) is 23.5. The Bertz CT molecular complexity index is 1290. The summed E-state index contributed by atoms with van der Waals surface area (Å²) in [5, 5.41) is 3.05. The van der Waals surface area contributed by atoms with E-state index < -0.39 is 17.3 Å². The zero-order chi connectivity index (χ0) is 29.3. The van der Waals surface area contributed by atoms with Gasteiger partial charge in [-0.25, -0.2) is 4.79 Å². The summed E-state index contributed by atoms with van der Waals surface area (Å²) >= 11 is 0. The Kier molecular flexibility index (Phi) is 7.95. The van der Waals surface area contributed by atoms with Gasteiger partial charge in [-0.3, -0.25) is 9.69 Å². The van der Waals surface area contributed by atoms with Gasteiger partial charge < -0.3 is 24.4 Å². The average Bonchev–Trinajstić information content (AvgIpc) is 3.57. The molecule has 1 spiro atoms. The van der Waals surface area contributed by atoms with E-state index in [1.165, 1.54) is 12.1 Å². The highest BCUT2D eigenvalue weighted by Gasteiger charge is 2.47. The van der Waals surface area contributed by atoms with E-state index in [1.54, 1.807) is 0 Å². The molecular formula is C31H36F3N3O5. The number of amides is 2. The molecule has 1 aliphatic carbocycles. The van der Waals surface area contributed by atoms with E-state index in [1.807, 2.05) is 23.1 Å². The quantitative estimate of drug-likeness (QED) is 0.471. The first-order valence-electron chi connectivity index (χ1n) is 14.7. The number of ether oxygens (including phenoxy) is 3. The van der Waals surface area contributed by atoms with Crippen LogP contribution in [0.25, 0.3) is 0 Å². The van der Waals surface area contributed by atoms with Gasteiger partial charge in [0.1, 0.15) is 5.60 Å². The van der Waals surface area contributed by atoms with Gasteiger partial charge in [0.2, 0.25) is 12.7 Å². The van der Waals surface area contributed by atoms with Gasteiger partial charge in [0.05, 0.1) is 12.1 Å². The van der Waals surface area contributed by atoms with E-state index in [0.717, 1.165) is 54.7 Å². The van der Waals surface area contributed by atoms with Crippen molar-refractivity contribution in [1.29, 1.82) is 0 Å². The van der Waals surface area contributed by atoms with Crippen molar-refractivity contribution in [3.8, 4) is 11.5 Å². The van der Waals surface area contributed by atoms with Crippen molar-refractivity contribution in [2.45, 2.75) is 63.4 Å². The summed E-state index contributed by atoms with van der Waals surface area (Å²) in [5.74, 6) is 1.80. The molecule has 3 fully saturated rings. The molecule has 1 N–H and O–H groups in total. The van der Waals surface area contributed by atoms with E-state index in [2.05, 4.69) is 10.2 Å². The lowest BCUT2D eigenvalue weighted by Crippen LogP contribution is -2.46. The van der Waals surface area contributed by atoms with Gasteiger partial charge in [-0.15, -0.1) is 0 Å². The predicted octanol–water partition coefficient (Wildman–Crippen LogP) is 5.34. The molecule has 2 amide bonds. The standard InChI is InChI=1S/C31H36F3N3O5/c32-31(33,34)25-8-3-21(4-9-25)17-36-13-11-30(12-14-36)19-37(29(39)42-30)18-22-1-6-24(7-2-22)28(38)35-16-23-5-10-26-27(15-23)41-20-40-26/h3-5,8-10,15,22,24H,1-2,6-7,11-14,16-20H2,(H,35,38)/t22-,24-. The Morgan fingerprint density at radius 1 is 0.952 bits per heavy atom. The Morgan fingerprint density at radius 3 is 2.36 bits per heavy atom. The van der Waals surface area contributed by atoms with Crippen LogP contribution in [0.5, 0.6) is 11.5 Å². The molecule has 3 heterocycles. The van der Waals surface area contributed by atoms with E-state index in [4.69, 9.17) is 14.2 Å². The van der Waals surface area contributed by atoms with Crippen molar-refractivity contribution in [1.82, 2.24) is 15.1 Å². The molecule has 1 saturated carbocycles. The summed E-state index contributed by atoms with van der Waals surface area (Å²) in [5.41, 5.74) is 0.657. The Morgan fingerprint density at radius 2 is 1.64 bits per heavy atom. The summed E-state index contributed by atoms with van der Waals surface area (Å²) in [6.07, 6.45) is 0.167. The Balaban J connectivity index is 0.921. The highest BCUT2D eigenvalue weighted by atomic mass is 19.4. The maximum Gasteiger partial charge on any atom is 0.416 e. The molecule has 0 aromatic heterocycles. The van der Waals surface area contributed by atoms with Gasteiger partial charge in [0.25, 0.3) is 0 Å². The fourth-order valence-electron chi connectivity index (χ4n) is 6.57. The van der Waals surface area contributed by atoms with Crippen molar-refractivity contribution >= 4 is 12.0 Å². The van der Waals surface area contributed by atoms with Crippen molar-refractivity contribution in [3.05, 3.63) is 59.2 Å². The second-order valence-corrected chi connectivity index (χ2v) is 12.0. The number of nitrogens with zero attached hydrogens (tertiary/aromatic N) is 2. The van der Waals surface area contributed by atoms with Gasteiger partial charge in [-0.2, -0.15) is 13.2 Å². The first kappa shape index (κ1) is 28.6. The maximum absolute atomic E-state index is 12.8. The number of likely N-dealkylation sites (tertiary alicyclic amines) is 1. The largest absolute Gasteiger partial charge is 0.454 e. The molecule has 2 aromatic rings. The number of fused-ring (bicyclic) bond motifs is 1. The number of piperidine rings is 1. The smallest absolute Gasteiger partial charge is 0.416 e. The van der Waals surface area contributed by atoms with Crippen LogP contribution >= 0.6 is 0 Å². The van der Waals surface area contributed by atoms with Gasteiger partial charge in [-0.05, 0) is 67.0 Å². The second kappa shape index (κ2) is 11.7.